The lowest BCUT2D eigenvalue weighted by Crippen LogP contribution is -2.49. The van der Waals surface area contributed by atoms with E-state index in [1.807, 2.05) is 23.1 Å². The maximum absolute atomic E-state index is 12.9. The maximum Gasteiger partial charge on any atom is 0.317 e. The third-order valence-corrected chi connectivity index (χ3v) is 6.34. The molecule has 1 aliphatic heterocycles. The molecule has 0 spiro atoms. The molecule has 1 saturated heterocycles. The zero-order valence-electron chi connectivity index (χ0n) is 15.1. The maximum atomic E-state index is 12.9. The monoisotopic (exact) mass is 363 g/mol. The van der Waals surface area contributed by atoms with Crippen molar-refractivity contribution in [2.45, 2.75) is 51.5 Å². The van der Waals surface area contributed by atoms with Crippen molar-refractivity contribution in [3.63, 3.8) is 0 Å². The SMILES string of the molecule is CC1(CN)CCN(C(=O)N[C@H](c2cccc(Cl)c2)C2CCCC2)CC1. The molecule has 1 aromatic carbocycles. The summed E-state index contributed by atoms with van der Waals surface area (Å²) in [5, 5.41) is 4.04. The van der Waals surface area contributed by atoms with E-state index in [9.17, 15) is 4.79 Å². The third-order valence-electron chi connectivity index (χ3n) is 6.11. The predicted octanol–water partition coefficient (Wildman–Crippen LogP) is 4.34. The predicted molar refractivity (Wildman–Crippen MR) is 103 cm³/mol. The van der Waals surface area contributed by atoms with Crippen LogP contribution in [-0.4, -0.2) is 30.6 Å². The van der Waals surface area contributed by atoms with Gasteiger partial charge in [-0.15, -0.1) is 0 Å². The lowest BCUT2D eigenvalue weighted by atomic mass is 9.80. The molecule has 2 aliphatic rings. The molecule has 1 aromatic rings. The van der Waals surface area contributed by atoms with Gasteiger partial charge in [-0.2, -0.15) is 0 Å². The molecule has 3 rings (SSSR count). The standard InChI is InChI=1S/C20H30ClN3O/c1-20(14-22)9-11-24(12-10-20)19(25)23-18(15-5-2-3-6-15)16-7-4-8-17(21)13-16/h4,7-8,13,15,18H,2-3,5-6,9-12,14,22H2,1H3,(H,23,25)/t18-/m0/s1. The number of carbonyl (C=O) groups is 1. The van der Waals surface area contributed by atoms with E-state index < -0.39 is 0 Å². The molecule has 25 heavy (non-hydrogen) atoms. The number of likely N-dealkylation sites (tertiary alicyclic amines) is 1. The quantitative estimate of drug-likeness (QED) is 0.835. The summed E-state index contributed by atoms with van der Waals surface area (Å²) in [7, 11) is 0. The van der Waals surface area contributed by atoms with Gasteiger partial charge in [0.05, 0.1) is 6.04 Å². The third kappa shape index (κ3) is 4.48. The van der Waals surface area contributed by atoms with Crippen LogP contribution in [0.1, 0.15) is 57.1 Å². The van der Waals surface area contributed by atoms with Crippen molar-refractivity contribution in [1.29, 1.82) is 0 Å². The Balaban J connectivity index is 1.69. The number of amides is 2. The van der Waals surface area contributed by atoms with Crippen molar-refractivity contribution in [3.05, 3.63) is 34.9 Å². The number of nitrogens with zero attached hydrogens (tertiary/aromatic N) is 1. The number of nitrogens with one attached hydrogen (secondary N) is 1. The molecular formula is C20H30ClN3O. The van der Waals surface area contributed by atoms with Gasteiger partial charge in [0.1, 0.15) is 0 Å². The number of nitrogens with two attached hydrogens (primary N) is 1. The first-order chi connectivity index (χ1) is 12.0. The van der Waals surface area contributed by atoms with Crippen molar-refractivity contribution < 1.29 is 4.79 Å². The normalized spacial score (nSPS) is 22.0. The van der Waals surface area contributed by atoms with E-state index in [-0.39, 0.29) is 17.5 Å². The van der Waals surface area contributed by atoms with Crippen LogP contribution in [0, 0.1) is 11.3 Å². The highest BCUT2D eigenvalue weighted by Gasteiger charge is 2.33. The van der Waals surface area contributed by atoms with Crippen LogP contribution in [0.15, 0.2) is 24.3 Å². The van der Waals surface area contributed by atoms with E-state index >= 15 is 0 Å². The number of piperidine rings is 1. The van der Waals surface area contributed by atoms with E-state index in [4.69, 9.17) is 17.3 Å². The highest BCUT2D eigenvalue weighted by atomic mass is 35.5. The van der Waals surface area contributed by atoms with Crippen LogP contribution in [0.3, 0.4) is 0 Å². The zero-order valence-corrected chi connectivity index (χ0v) is 15.9. The first-order valence-electron chi connectivity index (χ1n) is 9.52. The van der Waals surface area contributed by atoms with Crippen LogP contribution < -0.4 is 11.1 Å². The van der Waals surface area contributed by atoms with Crippen molar-refractivity contribution >= 4 is 17.6 Å². The molecule has 2 fully saturated rings. The molecule has 4 nitrogen and oxygen atoms in total. The fourth-order valence-electron chi connectivity index (χ4n) is 4.14. The van der Waals surface area contributed by atoms with Gasteiger partial charge in [0.2, 0.25) is 0 Å². The molecule has 3 N–H and O–H groups in total. The second-order valence-corrected chi connectivity index (χ2v) is 8.46. The highest BCUT2D eigenvalue weighted by Crippen LogP contribution is 2.37. The van der Waals surface area contributed by atoms with Gasteiger partial charge in [-0.1, -0.05) is 43.5 Å². The Bertz CT molecular complexity index is 592. The number of urea groups is 1. The minimum absolute atomic E-state index is 0.0518. The second-order valence-electron chi connectivity index (χ2n) is 8.03. The van der Waals surface area contributed by atoms with Crippen LogP contribution >= 0.6 is 11.6 Å². The van der Waals surface area contributed by atoms with E-state index in [1.54, 1.807) is 0 Å². The Morgan fingerprint density at radius 1 is 1.36 bits per heavy atom. The Labute approximate surface area is 156 Å². The largest absolute Gasteiger partial charge is 0.331 e. The lowest BCUT2D eigenvalue weighted by Gasteiger charge is -2.39. The molecule has 0 unspecified atom stereocenters. The summed E-state index contributed by atoms with van der Waals surface area (Å²) in [5.74, 6) is 0.501. The average Bonchev–Trinajstić information content (AvgIpc) is 3.14. The molecule has 138 valence electrons. The van der Waals surface area contributed by atoms with Gasteiger partial charge in [-0.25, -0.2) is 4.79 Å². The Hall–Kier alpha value is -1.26. The minimum atomic E-state index is 0.0518. The fourth-order valence-corrected chi connectivity index (χ4v) is 4.34. The summed E-state index contributed by atoms with van der Waals surface area (Å²) < 4.78 is 0. The highest BCUT2D eigenvalue weighted by molar-refractivity contribution is 6.30. The number of hydrogen-bond acceptors (Lipinski definition) is 2. The molecule has 1 saturated carbocycles. The summed E-state index contributed by atoms with van der Waals surface area (Å²) >= 11 is 6.19. The Morgan fingerprint density at radius 3 is 2.64 bits per heavy atom. The van der Waals surface area contributed by atoms with Crippen molar-refractivity contribution in [1.82, 2.24) is 10.2 Å². The minimum Gasteiger partial charge on any atom is -0.331 e. The summed E-state index contributed by atoms with van der Waals surface area (Å²) in [4.78, 5) is 14.8. The van der Waals surface area contributed by atoms with E-state index in [2.05, 4.69) is 18.3 Å². The lowest BCUT2D eigenvalue weighted by molar-refractivity contribution is 0.129. The molecule has 2 amide bonds. The molecule has 0 aromatic heterocycles. The number of carbonyl (C=O) groups excluding carboxylic acids is 1. The molecule has 1 heterocycles. The van der Waals surface area contributed by atoms with E-state index in [1.165, 1.54) is 25.7 Å². The van der Waals surface area contributed by atoms with Gasteiger partial charge in [-0.05, 0) is 61.3 Å². The van der Waals surface area contributed by atoms with Crippen LogP contribution in [-0.2, 0) is 0 Å². The Morgan fingerprint density at radius 2 is 2.04 bits per heavy atom. The number of hydrogen-bond donors (Lipinski definition) is 2. The second kappa shape index (κ2) is 7.96. The molecule has 5 heteroatoms. The van der Waals surface area contributed by atoms with Crippen molar-refractivity contribution in [2.24, 2.45) is 17.1 Å². The van der Waals surface area contributed by atoms with Gasteiger partial charge in [0.15, 0.2) is 0 Å². The molecule has 1 atom stereocenters. The van der Waals surface area contributed by atoms with Crippen LogP contribution in [0.2, 0.25) is 5.02 Å². The van der Waals surface area contributed by atoms with Crippen LogP contribution in [0.5, 0.6) is 0 Å². The molecule has 0 bridgehead atoms. The van der Waals surface area contributed by atoms with Crippen LogP contribution in [0.4, 0.5) is 4.79 Å². The number of rotatable bonds is 4. The fraction of sp³-hybridized carbons (Fsp3) is 0.650. The van der Waals surface area contributed by atoms with Gasteiger partial charge in [-0.3, -0.25) is 0 Å². The smallest absolute Gasteiger partial charge is 0.317 e. The number of benzene rings is 1. The summed E-state index contributed by atoms with van der Waals surface area (Å²) in [6.45, 7) is 4.48. The van der Waals surface area contributed by atoms with Gasteiger partial charge >= 0.3 is 6.03 Å². The van der Waals surface area contributed by atoms with Crippen molar-refractivity contribution in [3.8, 4) is 0 Å². The zero-order chi connectivity index (χ0) is 17.9. The molecule has 0 radical (unpaired) electrons. The summed E-state index contributed by atoms with van der Waals surface area (Å²) in [6, 6.07) is 8.03. The first kappa shape index (κ1) is 18.5. The van der Waals surface area contributed by atoms with Crippen LogP contribution in [0.25, 0.3) is 0 Å². The summed E-state index contributed by atoms with van der Waals surface area (Å²) in [5.41, 5.74) is 7.18. The first-order valence-corrected chi connectivity index (χ1v) is 9.89. The summed E-state index contributed by atoms with van der Waals surface area (Å²) in [6.07, 6.45) is 6.78. The van der Waals surface area contributed by atoms with Gasteiger partial charge < -0.3 is 16.0 Å². The van der Waals surface area contributed by atoms with Crippen molar-refractivity contribution in [2.75, 3.05) is 19.6 Å². The average molecular weight is 364 g/mol. The topological polar surface area (TPSA) is 58.4 Å². The van der Waals surface area contributed by atoms with E-state index in [0.717, 1.165) is 36.5 Å². The van der Waals surface area contributed by atoms with Gasteiger partial charge in [0.25, 0.3) is 0 Å². The molecular weight excluding hydrogens is 334 g/mol. The molecule has 1 aliphatic carbocycles. The number of halogens is 1. The Kier molecular flexibility index (Phi) is 5.90. The van der Waals surface area contributed by atoms with E-state index in [0.29, 0.717) is 12.5 Å². The van der Waals surface area contributed by atoms with Gasteiger partial charge in [0, 0.05) is 18.1 Å².